The van der Waals surface area contributed by atoms with Crippen molar-refractivity contribution in [2.75, 3.05) is 5.32 Å². The number of halogens is 1. The maximum atomic E-state index is 12.5. The van der Waals surface area contributed by atoms with E-state index >= 15 is 0 Å². The van der Waals surface area contributed by atoms with E-state index in [0.717, 1.165) is 4.47 Å². The van der Waals surface area contributed by atoms with Crippen LogP contribution in [0.4, 0.5) is 11.4 Å². The van der Waals surface area contributed by atoms with Crippen molar-refractivity contribution >= 4 is 33.2 Å². The van der Waals surface area contributed by atoms with E-state index in [1.165, 1.54) is 18.2 Å². The minimum Gasteiger partial charge on any atom is -0.320 e. The molecule has 2 aromatic carbocycles. The van der Waals surface area contributed by atoms with Gasteiger partial charge in [0.15, 0.2) is 0 Å². The number of rotatable bonds is 4. The molecule has 0 unspecified atom stereocenters. The summed E-state index contributed by atoms with van der Waals surface area (Å²) in [5.74, 6) is -0.350. The van der Waals surface area contributed by atoms with Crippen LogP contribution in [0.15, 0.2) is 59.3 Å². The number of carbonyl (C=O) groups excluding carboxylic acids is 1. The maximum absolute atomic E-state index is 12.5. The zero-order valence-corrected chi connectivity index (χ0v) is 14.7. The Morgan fingerprint density at radius 3 is 2.68 bits per heavy atom. The smallest absolute Gasteiger partial charge is 0.272 e. The highest BCUT2D eigenvalue weighted by atomic mass is 79.9. The fourth-order valence-electron chi connectivity index (χ4n) is 2.41. The average Bonchev–Trinajstić information content (AvgIpc) is 3.01. The molecule has 1 N–H and O–H groups in total. The molecule has 0 fully saturated rings. The summed E-state index contributed by atoms with van der Waals surface area (Å²) in [6, 6.07) is 11.5. The summed E-state index contributed by atoms with van der Waals surface area (Å²) in [5.41, 5.74) is 2.05. The van der Waals surface area contributed by atoms with Crippen LogP contribution in [0.5, 0.6) is 0 Å². The number of nitrogens with zero attached hydrogens (tertiary/aromatic N) is 3. The van der Waals surface area contributed by atoms with Crippen LogP contribution >= 0.6 is 15.9 Å². The summed E-state index contributed by atoms with van der Waals surface area (Å²) in [5, 5.41) is 17.9. The first-order valence-electron chi connectivity index (χ1n) is 7.31. The fourth-order valence-corrected chi connectivity index (χ4v) is 2.69. The van der Waals surface area contributed by atoms with Crippen LogP contribution in [0.25, 0.3) is 5.69 Å². The number of hydrogen-bond acceptors (Lipinski definition) is 4. The summed E-state index contributed by atoms with van der Waals surface area (Å²) in [6.07, 6.45) is 3.43. The predicted octanol–water partition coefficient (Wildman–Crippen LogP) is 4.10. The summed E-state index contributed by atoms with van der Waals surface area (Å²) >= 11 is 3.34. The first-order valence-corrected chi connectivity index (χ1v) is 8.11. The van der Waals surface area contributed by atoms with Gasteiger partial charge in [-0.25, -0.2) is 4.68 Å². The van der Waals surface area contributed by atoms with Gasteiger partial charge >= 0.3 is 0 Å². The SMILES string of the molecule is Cc1cc(C(=O)Nc2ccccc2-n2cc(Br)cn2)ccc1[N+](=O)[O-]. The number of carbonyl (C=O) groups is 1. The fraction of sp³-hybridized carbons (Fsp3) is 0.0588. The van der Waals surface area contributed by atoms with E-state index in [9.17, 15) is 14.9 Å². The first-order chi connectivity index (χ1) is 12.0. The highest BCUT2D eigenvalue weighted by molar-refractivity contribution is 9.10. The van der Waals surface area contributed by atoms with Gasteiger partial charge in [0.05, 0.1) is 27.0 Å². The predicted molar refractivity (Wildman–Crippen MR) is 97.1 cm³/mol. The number of para-hydroxylation sites is 2. The number of aromatic nitrogens is 2. The van der Waals surface area contributed by atoms with Crippen molar-refractivity contribution in [3.05, 3.63) is 80.6 Å². The first kappa shape index (κ1) is 16.8. The lowest BCUT2D eigenvalue weighted by Crippen LogP contribution is -2.14. The van der Waals surface area contributed by atoms with Gasteiger partial charge in [-0.05, 0) is 47.1 Å². The Hall–Kier alpha value is -3.00. The van der Waals surface area contributed by atoms with Gasteiger partial charge < -0.3 is 5.32 Å². The minimum absolute atomic E-state index is 0.0154. The standard InChI is InChI=1S/C17H13BrN4O3/c1-11-8-12(6-7-15(11)22(24)25)17(23)20-14-4-2-3-5-16(14)21-10-13(18)9-19-21/h2-10H,1H3,(H,20,23). The molecule has 1 aromatic heterocycles. The highest BCUT2D eigenvalue weighted by Gasteiger charge is 2.15. The number of benzene rings is 2. The van der Waals surface area contributed by atoms with E-state index in [2.05, 4.69) is 26.3 Å². The Bertz CT molecular complexity index is 968. The van der Waals surface area contributed by atoms with Crippen LogP contribution in [0.3, 0.4) is 0 Å². The molecule has 0 aliphatic heterocycles. The number of nitro groups is 1. The molecular formula is C17H13BrN4O3. The molecule has 25 heavy (non-hydrogen) atoms. The van der Waals surface area contributed by atoms with Gasteiger partial charge in [-0.3, -0.25) is 14.9 Å². The Balaban J connectivity index is 1.89. The summed E-state index contributed by atoms with van der Waals surface area (Å²) in [4.78, 5) is 22.9. The van der Waals surface area contributed by atoms with Crippen LogP contribution < -0.4 is 5.32 Å². The lowest BCUT2D eigenvalue weighted by atomic mass is 10.1. The monoisotopic (exact) mass is 400 g/mol. The van der Waals surface area contributed by atoms with Gasteiger partial charge in [0.25, 0.3) is 11.6 Å². The quantitative estimate of drug-likeness (QED) is 0.527. The van der Waals surface area contributed by atoms with E-state index in [1.807, 2.05) is 12.1 Å². The van der Waals surface area contributed by atoms with Crippen molar-refractivity contribution in [1.82, 2.24) is 9.78 Å². The molecule has 0 radical (unpaired) electrons. The second kappa shape index (κ2) is 6.86. The summed E-state index contributed by atoms with van der Waals surface area (Å²) in [7, 11) is 0. The van der Waals surface area contributed by atoms with Gasteiger partial charge in [-0.1, -0.05) is 12.1 Å². The number of hydrogen-bond donors (Lipinski definition) is 1. The third-order valence-electron chi connectivity index (χ3n) is 3.61. The van der Waals surface area contributed by atoms with Crippen LogP contribution in [0.2, 0.25) is 0 Å². The molecule has 0 saturated heterocycles. The molecule has 0 spiro atoms. The van der Waals surface area contributed by atoms with Gasteiger partial charge in [-0.15, -0.1) is 0 Å². The van der Waals surface area contributed by atoms with Crippen molar-refractivity contribution in [2.24, 2.45) is 0 Å². The lowest BCUT2D eigenvalue weighted by molar-refractivity contribution is -0.385. The molecule has 3 aromatic rings. The Labute approximate surface area is 151 Å². The molecule has 7 nitrogen and oxygen atoms in total. The molecule has 0 bridgehead atoms. The highest BCUT2D eigenvalue weighted by Crippen LogP contribution is 2.23. The number of nitrogens with one attached hydrogen (secondary N) is 1. The topological polar surface area (TPSA) is 90.1 Å². The van der Waals surface area contributed by atoms with E-state index in [-0.39, 0.29) is 11.6 Å². The normalized spacial score (nSPS) is 10.5. The molecule has 1 heterocycles. The molecular weight excluding hydrogens is 388 g/mol. The minimum atomic E-state index is -0.470. The summed E-state index contributed by atoms with van der Waals surface area (Å²) in [6.45, 7) is 1.60. The van der Waals surface area contributed by atoms with E-state index in [0.29, 0.717) is 22.5 Å². The van der Waals surface area contributed by atoms with Crippen molar-refractivity contribution in [1.29, 1.82) is 0 Å². The van der Waals surface area contributed by atoms with Gasteiger partial charge in [0, 0.05) is 23.4 Å². The number of nitro benzene ring substituents is 1. The van der Waals surface area contributed by atoms with E-state index in [1.54, 1.807) is 36.1 Å². The van der Waals surface area contributed by atoms with Crippen LogP contribution in [-0.2, 0) is 0 Å². The molecule has 0 saturated carbocycles. The lowest BCUT2D eigenvalue weighted by Gasteiger charge is -2.11. The van der Waals surface area contributed by atoms with E-state index in [4.69, 9.17) is 0 Å². The molecule has 8 heteroatoms. The number of aryl methyl sites for hydroxylation is 1. The van der Waals surface area contributed by atoms with Gasteiger partial charge in [0.1, 0.15) is 0 Å². The molecule has 0 aliphatic rings. The van der Waals surface area contributed by atoms with Crippen LogP contribution in [0, 0.1) is 17.0 Å². The second-order valence-corrected chi connectivity index (χ2v) is 6.25. The van der Waals surface area contributed by atoms with Crippen molar-refractivity contribution in [2.45, 2.75) is 6.92 Å². The molecule has 1 amide bonds. The molecule has 3 rings (SSSR count). The number of amides is 1. The third-order valence-corrected chi connectivity index (χ3v) is 4.02. The average molecular weight is 401 g/mol. The van der Waals surface area contributed by atoms with Crippen LogP contribution in [0.1, 0.15) is 15.9 Å². The zero-order valence-electron chi connectivity index (χ0n) is 13.1. The molecule has 0 atom stereocenters. The van der Waals surface area contributed by atoms with Crippen molar-refractivity contribution in [3.63, 3.8) is 0 Å². The van der Waals surface area contributed by atoms with E-state index < -0.39 is 4.92 Å². The second-order valence-electron chi connectivity index (χ2n) is 5.33. The van der Waals surface area contributed by atoms with Crippen molar-refractivity contribution < 1.29 is 9.72 Å². The van der Waals surface area contributed by atoms with Crippen molar-refractivity contribution in [3.8, 4) is 5.69 Å². The largest absolute Gasteiger partial charge is 0.320 e. The summed E-state index contributed by atoms with van der Waals surface area (Å²) < 4.78 is 2.46. The molecule has 126 valence electrons. The molecule has 0 aliphatic carbocycles. The Kier molecular flexibility index (Phi) is 4.62. The Morgan fingerprint density at radius 1 is 1.28 bits per heavy atom. The van der Waals surface area contributed by atoms with Crippen LogP contribution in [-0.4, -0.2) is 20.6 Å². The number of anilines is 1. The van der Waals surface area contributed by atoms with Gasteiger partial charge in [0.2, 0.25) is 0 Å². The third kappa shape index (κ3) is 3.58. The van der Waals surface area contributed by atoms with Gasteiger partial charge in [-0.2, -0.15) is 5.10 Å². The zero-order chi connectivity index (χ0) is 18.0. The Morgan fingerprint density at radius 2 is 2.04 bits per heavy atom. The maximum Gasteiger partial charge on any atom is 0.272 e.